The minimum Gasteiger partial charge on any atom is -0.391 e. The van der Waals surface area contributed by atoms with Crippen LogP contribution >= 0.6 is 0 Å². The van der Waals surface area contributed by atoms with Gasteiger partial charge in [0.2, 0.25) is 11.8 Å². The van der Waals surface area contributed by atoms with Crippen molar-refractivity contribution in [3.63, 3.8) is 0 Å². The molecule has 2 aliphatic heterocycles. The van der Waals surface area contributed by atoms with E-state index in [9.17, 15) is 24.6 Å². The number of β-amino-alcohol motifs (C(OH)–C–C–N with tert-alkyl or cyclic N) is 1. The van der Waals surface area contributed by atoms with Gasteiger partial charge in [-0.1, -0.05) is 53.5 Å². The van der Waals surface area contributed by atoms with Crippen molar-refractivity contribution in [2.75, 3.05) is 26.2 Å². The number of aliphatic hydroxyl groups excluding tert-OH is 2. The smallest absolute Gasteiger partial charge is 0.318 e. The maximum absolute atomic E-state index is 13.0. The van der Waals surface area contributed by atoms with Gasteiger partial charge in [-0.3, -0.25) is 9.59 Å². The van der Waals surface area contributed by atoms with Crippen LogP contribution < -0.4 is 10.6 Å². The van der Waals surface area contributed by atoms with E-state index < -0.39 is 30.3 Å². The number of aliphatic hydroxyl groups is 2. The van der Waals surface area contributed by atoms with Gasteiger partial charge in [-0.2, -0.15) is 0 Å². The van der Waals surface area contributed by atoms with Crippen LogP contribution in [0.15, 0.2) is 12.7 Å². The molecule has 206 valence electrons. The van der Waals surface area contributed by atoms with Gasteiger partial charge in [-0.15, -0.1) is 6.58 Å². The fourth-order valence-electron chi connectivity index (χ4n) is 5.10. The first-order valence-electron chi connectivity index (χ1n) is 13.5. The lowest BCUT2D eigenvalue weighted by atomic mass is 9.81. The minimum absolute atomic E-state index is 0.0464. The summed E-state index contributed by atoms with van der Waals surface area (Å²) in [6.07, 6.45) is 4.88. The highest BCUT2D eigenvalue weighted by Gasteiger charge is 2.45. The van der Waals surface area contributed by atoms with Crippen molar-refractivity contribution in [1.29, 1.82) is 0 Å². The maximum atomic E-state index is 13.0. The van der Waals surface area contributed by atoms with Crippen LogP contribution in [-0.4, -0.2) is 88.3 Å². The van der Waals surface area contributed by atoms with Crippen LogP contribution in [0.2, 0.25) is 0 Å². The molecule has 0 saturated carbocycles. The number of nitrogens with zero attached hydrogens (tertiary/aromatic N) is 2. The van der Waals surface area contributed by atoms with E-state index in [1.165, 1.54) is 4.90 Å². The van der Waals surface area contributed by atoms with Crippen molar-refractivity contribution in [3.8, 4) is 0 Å². The monoisotopic (exact) mass is 508 g/mol. The van der Waals surface area contributed by atoms with Crippen LogP contribution in [0, 0.1) is 10.8 Å². The summed E-state index contributed by atoms with van der Waals surface area (Å²) in [5.74, 6) is -0.318. The Morgan fingerprint density at radius 1 is 1.11 bits per heavy atom. The Labute approximate surface area is 216 Å². The van der Waals surface area contributed by atoms with Crippen molar-refractivity contribution in [2.24, 2.45) is 10.8 Å². The number of amides is 4. The molecule has 4 N–H and O–H groups in total. The second-order valence-corrected chi connectivity index (χ2v) is 11.5. The molecule has 2 aliphatic rings. The molecule has 9 heteroatoms. The molecule has 4 unspecified atom stereocenters. The first-order chi connectivity index (χ1) is 16.9. The molecular weight excluding hydrogens is 460 g/mol. The van der Waals surface area contributed by atoms with E-state index in [-0.39, 0.29) is 42.2 Å². The summed E-state index contributed by atoms with van der Waals surface area (Å²) in [5.41, 5.74) is -0.167. The molecule has 0 aromatic rings. The van der Waals surface area contributed by atoms with Crippen molar-refractivity contribution in [3.05, 3.63) is 12.7 Å². The SMILES string of the molecule is C=CC(C)(C)CC(=O)N1CCCC1C(O)C1CC(O)CN1C(=O)NCC(=O)NCCC(C)(CC)CC. The molecular formula is C27H48N4O5. The number of hydrogen-bond acceptors (Lipinski definition) is 5. The zero-order valence-electron chi connectivity index (χ0n) is 22.9. The van der Waals surface area contributed by atoms with Crippen molar-refractivity contribution < 1.29 is 24.6 Å². The molecule has 0 spiro atoms. The van der Waals surface area contributed by atoms with Crippen LogP contribution in [0.5, 0.6) is 0 Å². The largest absolute Gasteiger partial charge is 0.391 e. The molecule has 0 radical (unpaired) electrons. The Kier molecular flexibility index (Phi) is 10.8. The lowest BCUT2D eigenvalue weighted by Gasteiger charge is -2.36. The minimum atomic E-state index is -0.985. The molecule has 0 bridgehead atoms. The molecule has 2 heterocycles. The summed E-state index contributed by atoms with van der Waals surface area (Å²) in [7, 11) is 0. The van der Waals surface area contributed by atoms with Gasteiger partial charge >= 0.3 is 6.03 Å². The Bertz CT molecular complexity index is 782. The van der Waals surface area contributed by atoms with Crippen LogP contribution in [0.4, 0.5) is 4.79 Å². The zero-order valence-corrected chi connectivity index (χ0v) is 22.9. The maximum Gasteiger partial charge on any atom is 0.318 e. The first-order valence-corrected chi connectivity index (χ1v) is 13.5. The van der Waals surface area contributed by atoms with Gasteiger partial charge < -0.3 is 30.6 Å². The number of allylic oxidation sites excluding steroid dienone is 1. The number of carbonyl (C=O) groups excluding carboxylic acids is 3. The third-order valence-corrected chi connectivity index (χ3v) is 8.31. The molecule has 2 rings (SSSR count). The van der Waals surface area contributed by atoms with Crippen molar-refractivity contribution in [1.82, 2.24) is 20.4 Å². The van der Waals surface area contributed by atoms with Crippen LogP contribution in [0.25, 0.3) is 0 Å². The van der Waals surface area contributed by atoms with E-state index in [0.717, 1.165) is 25.7 Å². The highest BCUT2D eigenvalue weighted by molar-refractivity contribution is 5.84. The predicted molar refractivity (Wildman–Crippen MR) is 140 cm³/mol. The van der Waals surface area contributed by atoms with E-state index in [4.69, 9.17) is 0 Å². The number of carbonyl (C=O) groups is 3. The highest BCUT2D eigenvalue weighted by Crippen LogP contribution is 2.32. The summed E-state index contributed by atoms with van der Waals surface area (Å²) in [6.45, 7) is 15.2. The van der Waals surface area contributed by atoms with E-state index in [1.54, 1.807) is 11.0 Å². The lowest BCUT2D eigenvalue weighted by Crippen LogP contribution is -2.55. The van der Waals surface area contributed by atoms with Gasteiger partial charge in [0, 0.05) is 26.1 Å². The van der Waals surface area contributed by atoms with Crippen LogP contribution in [-0.2, 0) is 9.59 Å². The van der Waals surface area contributed by atoms with Crippen molar-refractivity contribution >= 4 is 17.8 Å². The Hall–Kier alpha value is -2.13. The van der Waals surface area contributed by atoms with E-state index in [0.29, 0.717) is 25.9 Å². The molecule has 0 aromatic heterocycles. The average molecular weight is 509 g/mol. The molecule has 0 aliphatic carbocycles. The Morgan fingerprint density at radius 3 is 2.39 bits per heavy atom. The molecule has 4 atom stereocenters. The van der Waals surface area contributed by atoms with Gasteiger partial charge in [0.25, 0.3) is 0 Å². The number of hydrogen-bond donors (Lipinski definition) is 4. The molecule has 2 saturated heterocycles. The first kappa shape index (κ1) is 30.1. The Morgan fingerprint density at radius 2 is 1.78 bits per heavy atom. The third kappa shape index (κ3) is 7.93. The summed E-state index contributed by atoms with van der Waals surface area (Å²) in [6, 6.07) is -1.55. The second kappa shape index (κ2) is 12.9. The third-order valence-electron chi connectivity index (χ3n) is 8.31. The summed E-state index contributed by atoms with van der Waals surface area (Å²) >= 11 is 0. The van der Waals surface area contributed by atoms with Gasteiger partial charge in [-0.25, -0.2) is 4.79 Å². The topological polar surface area (TPSA) is 122 Å². The van der Waals surface area contributed by atoms with E-state index >= 15 is 0 Å². The Balaban J connectivity index is 1.94. The fraction of sp³-hybridized carbons (Fsp3) is 0.815. The quantitative estimate of drug-likeness (QED) is 0.302. The number of likely N-dealkylation sites (tertiary alicyclic amines) is 2. The molecule has 36 heavy (non-hydrogen) atoms. The number of urea groups is 1. The lowest BCUT2D eigenvalue weighted by molar-refractivity contribution is -0.136. The second-order valence-electron chi connectivity index (χ2n) is 11.5. The van der Waals surface area contributed by atoms with Gasteiger partial charge in [0.15, 0.2) is 0 Å². The summed E-state index contributed by atoms with van der Waals surface area (Å²) in [5, 5.41) is 27.0. The summed E-state index contributed by atoms with van der Waals surface area (Å²) in [4.78, 5) is 41.3. The van der Waals surface area contributed by atoms with E-state index in [1.807, 2.05) is 13.8 Å². The van der Waals surface area contributed by atoms with Crippen molar-refractivity contribution in [2.45, 2.75) is 104 Å². The van der Waals surface area contributed by atoms with Gasteiger partial charge in [0.1, 0.15) is 0 Å². The average Bonchev–Trinajstić information content (AvgIpc) is 3.49. The molecule has 2 fully saturated rings. The normalized spacial score (nSPS) is 23.5. The van der Waals surface area contributed by atoms with Gasteiger partial charge in [-0.05, 0) is 36.5 Å². The zero-order chi connectivity index (χ0) is 27.1. The van der Waals surface area contributed by atoms with E-state index in [2.05, 4.69) is 38.0 Å². The fourth-order valence-corrected chi connectivity index (χ4v) is 5.10. The van der Waals surface area contributed by atoms with Crippen LogP contribution in [0.3, 0.4) is 0 Å². The number of nitrogens with one attached hydrogen (secondary N) is 2. The molecule has 0 aromatic carbocycles. The number of rotatable bonds is 12. The standard InChI is InChI=1S/C27H48N4O5/c1-7-26(4,5)16-23(34)30-14-10-11-20(30)24(35)21-15-19(32)18-31(21)25(36)29-17-22(33)28-13-12-27(6,8-2)9-3/h7,19-21,24,32,35H,1,8-18H2,2-6H3,(H,28,33)(H,29,36). The molecule has 4 amide bonds. The predicted octanol–water partition coefficient (Wildman–Crippen LogP) is 2.42. The molecule has 9 nitrogen and oxygen atoms in total. The van der Waals surface area contributed by atoms with Crippen LogP contribution in [0.1, 0.15) is 79.6 Å². The summed E-state index contributed by atoms with van der Waals surface area (Å²) < 4.78 is 0. The highest BCUT2D eigenvalue weighted by atomic mass is 16.3. The van der Waals surface area contributed by atoms with Gasteiger partial charge in [0.05, 0.1) is 30.8 Å².